The van der Waals surface area contributed by atoms with Crippen molar-refractivity contribution < 1.29 is 33.9 Å². The minimum absolute atomic E-state index is 0.0940. The lowest BCUT2D eigenvalue weighted by Crippen LogP contribution is -2.23. The number of hydrogen-bond donors (Lipinski definition) is 2. The number of hydrogen-bond acceptors (Lipinski definition) is 7. The molecule has 0 aliphatic rings. The number of nitrogens with one attached hydrogen (secondary N) is 1. The van der Waals surface area contributed by atoms with Crippen molar-refractivity contribution in [1.29, 1.82) is 0 Å². The van der Waals surface area contributed by atoms with Crippen molar-refractivity contribution in [3.63, 3.8) is 0 Å². The molecule has 142 valence electrons. The fraction of sp³-hybridized carbons (Fsp3) is 0.400. The Kier molecular flexibility index (Phi) is 8.44. The Labute approximate surface area is 151 Å². The molecule has 0 fully saturated rings. The molecule has 2 atom stereocenters. The van der Waals surface area contributed by atoms with Crippen molar-refractivity contribution in [2.24, 2.45) is 0 Å². The van der Waals surface area contributed by atoms with Gasteiger partial charge in [0.15, 0.2) is 0 Å². The van der Waals surface area contributed by atoms with Gasteiger partial charge in [-0.2, -0.15) is 0 Å². The highest BCUT2D eigenvalue weighted by molar-refractivity contribution is 7.39. The van der Waals surface area contributed by atoms with Crippen molar-refractivity contribution in [3.8, 4) is 0 Å². The van der Waals surface area contributed by atoms with Gasteiger partial charge in [-0.25, -0.2) is 9.59 Å². The van der Waals surface area contributed by atoms with Gasteiger partial charge in [0, 0.05) is 19.0 Å². The average molecular weight is 386 g/mol. The smallest absolute Gasteiger partial charge is 0.463 e. The van der Waals surface area contributed by atoms with Crippen LogP contribution in [0.25, 0.3) is 0 Å². The Morgan fingerprint density at radius 3 is 2.65 bits per heavy atom. The van der Waals surface area contributed by atoms with Gasteiger partial charge in [-0.05, 0) is 34.2 Å². The van der Waals surface area contributed by atoms with Crippen LogP contribution in [-0.2, 0) is 20.8 Å². The van der Waals surface area contributed by atoms with Gasteiger partial charge < -0.3 is 19.9 Å². The summed E-state index contributed by atoms with van der Waals surface area (Å²) in [5.41, 5.74) is -0.123. The van der Waals surface area contributed by atoms with Gasteiger partial charge in [0.2, 0.25) is 5.91 Å². The molecule has 2 N–H and O–H groups in total. The van der Waals surface area contributed by atoms with E-state index in [4.69, 9.17) is 5.11 Å². The van der Waals surface area contributed by atoms with Crippen molar-refractivity contribution in [3.05, 3.63) is 39.4 Å². The van der Waals surface area contributed by atoms with Crippen LogP contribution in [0.3, 0.4) is 0 Å². The number of benzene rings is 1. The predicted molar refractivity (Wildman–Crippen MR) is 92.8 cm³/mol. The average Bonchev–Trinajstić information content (AvgIpc) is 2.55. The van der Waals surface area contributed by atoms with Gasteiger partial charge in [-0.1, -0.05) is 6.07 Å². The van der Waals surface area contributed by atoms with Crippen LogP contribution in [-0.4, -0.2) is 34.4 Å². The highest BCUT2D eigenvalue weighted by Gasteiger charge is 2.22. The maximum Gasteiger partial charge on any atom is 0.506 e. The largest absolute Gasteiger partial charge is 0.506 e. The standard InChI is InChI=1S/C15H19N2O8P/c1-9(25-14(19)20)11-7-10(4-5-12(11)17(22)23)8-16-13(18)3-2-6-24-15(21)26/h4-5,7,9H,2-3,6,8,26H2,1H3,(H,16,18)(H,19,20). The third-order valence-corrected chi connectivity index (χ3v) is 3.45. The minimum Gasteiger partial charge on any atom is -0.463 e. The van der Waals surface area contributed by atoms with E-state index in [1.807, 2.05) is 9.24 Å². The van der Waals surface area contributed by atoms with E-state index in [1.165, 1.54) is 25.1 Å². The number of nitro groups is 1. The maximum atomic E-state index is 11.7. The number of carboxylic acid groups (broad SMARTS) is 1. The molecule has 0 aromatic heterocycles. The molecule has 26 heavy (non-hydrogen) atoms. The number of carbonyl (C=O) groups excluding carboxylic acids is 2. The lowest BCUT2D eigenvalue weighted by atomic mass is 10.0. The second kappa shape index (κ2) is 10.3. The quantitative estimate of drug-likeness (QED) is 0.217. The topological polar surface area (TPSA) is 145 Å². The molecular formula is C15H19N2O8P. The Morgan fingerprint density at radius 1 is 1.38 bits per heavy atom. The first kappa shape index (κ1) is 21.3. The van der Waals surface area contributed by atoms with Crippen LogP contribution in [0, 0.1) is 10.1 Å². The number of rotatable bonds is 9. The first-order valence-electron chi connectivity index (χ1n) is 7.56. The molecule has 2 unspecified atom stereocenters. The highest BCUT2D eigenvalue weighted by atomic mass is 31.0. The van der Waals surface area contributed by atoms with E-state index in [9.17, 15) is 24.5 Å². The fourth-order valence-electron chi connectivity index (χ4n) is 2.12. The summed E-state index contributed by atoms with van der Waals surface area (Å²) < 4.78 is 9.26. The highest BCUT2D eigenvalue weighted by Crippen LogP contribution is 2.28. The van der Waals surface area contributed by atoms with Crippen molar-refractivity contribution in [2.45, 2.75) is 32.4 Å². The molecule has 1 aromatic carbocycles. The zero-order chi connectivity index (χ0) is 19.7. The van der Waals surface area contributed by atoms with Crippen LogP contribution < -0.4 is 5.32 Å². The monoisotopic (exact) mass is 386 g/mol. The summed E-state index contributed by atoms with van der Waals surface area (Å²) in [5, 5.41) is 22.4. The lowest BCUT2D eigenvalue weighted by molar-refractivity contribution is -0.386. The molecule has 1 amide bonds. The van der Waals surface area contributed by atoms with Gasteiger partial charge in [-0.3, -0.25) is 14.9 Å². The van der Waals surface area contributed by atoms with Crippen LogP contribution in [0.15, 0.2) is 18.2 Å². The van der Waals surface area contributed by atoms with E-state index >= 15 is 0 Å². The van der Waals surface area contributed by atoms with E-state index in [0.29, 0.717) is 12.0 Å². The normalized spacial score (nSPS) is 11.3. The number of ether oxygens (including phenoxy) is 2. The molecular weight excluding hydrogens is 367 g/mol. The summed E-state index contributed by atoms with van der Waals surface area (Å²) in [6, 6.07) is 4.12. The summed E-state index contributed by atoms with van der Waals surface area (Å²) in [6.07, 6.45) is -2.07. The molecule has 0 aliphatic heterocycles. The summed E-state index contributed by atoms with van der Waals surface area (Å²) in [4.78, 5) is 43.4. The molecule has 0 saturated heterocycles. The Hall–Kier alpha value is -2.74. The van der Waals surface area contributed by atoms with Crippen molar-refractivity contribution in [2.75, 3.05) is 6.61 Å². The molecule has 0 aliphatic carbocycles. The second-order valence-electron chi connectivity index (χ2n) is 5.22. The third kappa shape index (κ3) is 7.43. The first-order valence-corrected chi connectivity index (χ1v) is 8.14. The molecule has 1 rings (SSSR count). The molecule has 0 radical (unpaired) electrons. The molecule has 0 spiro atoms. The first-order chi connectivity index (χ1) is 12.2. The van der Waals surface area contributed by atoms with Gasteiger partial charge in [0.05, 0.1) is 17.1 Å². The van der Waals surface area contributed by atoms with Gasteiger partial charge in [-0.15, -0.1) is 0 Å². The summed E-state index contributed by atoms with van der Waals surface area (Å²) in [6.45, 7) is 1.61. The fourth-order valence-corrected chi connectivity index (χ4v) is 2.23. The molecule has 10 nitrogen and oxygen atoms in total. The van der Waals surface area contributed by atoms with Crippen LogP contribution in [0.4, 0.5) is 15.3 Å². The molecule has 11 heteroatoms. The number of amides is 1. The maximum absolute atomic E-state index is 11.7. The van der Waals surface area contributed by atoms with Crippen LogP contribution in [0.1, 0.15) is 37.0 Å². The summed E-state index contributed by atoms with van der Waals surface area (Å²) >= 11 is 0. The minimum atomic E-state index is -1.54. The van der Waals surface area contributed by atoms with E-state index in [0.717, 1.165) is 0 Å². The lowest BCUT2D eigenvalue weighted by Gasteiger charge is -2.13. The summed E-state index contributed by atoms with van der Waals surface area (Å²) in [5.74, 6) is -0.278. The number of nitrogens with zero attached hydrogens (tertiary/aromatic N) is 1. The Morgan fingerprint density at radius 2 is 2.08 bits per heavy atom. The van der Waals surface area contributed by atoms with E-state index < -0.39 is 22.9 Å². The molecule has 1 aromatic rings. The van der Waals surface area contributed by atoms with Crippen molar-refractivity contribution in [1.82, 2.24) is 5.32 Å². The van der Waals surface area contributed by atoms with Crippen molar-refractivity contribution >= 4 is 32.7 Å². The van der Waals surface area contributed by atoms with Gasteiger partial charge >= 0.3 is 11.9 Å². The van der Waals surface area contributed by atoms with E-state index in [-0.39, 0.29) is 36.7 Å². The molecule has 0 saturated carbocycles. The van der Waals surface area contributed by atoms with Crippen LogP contribution in [0.2, 0.25) is 0 Å². The van der Waals surface area contributed by atoms with Crippen LogP contribution >= 0.6 is 9.24 Å². The summed E-state index contributed by atoms with van der Waals surface area (Å²) in [7, 11) is 1.86. The predicted octanol–water partition coefficient (Wildman–Crippen LogP) is 2.76. The third-order valence-electron chi connectivity index (χ3n) is 3.29. The zero-order valence-electron chi connectivity index (χ0n) is 14.0. The molecule has 0 heterocycles. The Bertz CT molecular complexity index is 694. The van der Waals surface area contributed by atoms with E-state index in [2.05, 4.69) is 14.8 Å². The van der Waals surface area contributed by atoms with Gasteiger partial charge in [0.1, 0.15) is 6.10 Å². The van der Waals surface area contributed by atoms with Gasteiger partial charge in [0.25, 0.3) is 5.69 Å². The van der Waals surface area contributed by atoms with Crippen LogP contribution in [0.5, 0.6) is 0 Å². The zero-order valence-corrected chi connectivity index (χ0v) is 15.1. The molecule has 0 bridgehead atoms. The second-order valence-corrected chi connectivity index (χ2v) is 5.70. The number of carbonyl (C=O) groups is 3. The van der Waals surface area contributed by atoms with E-state index in [1.54, 1.807) is 0 Å². The SMILES string of the molecule is CC(OC(=O)O)c1cc(CNC(=O)CCCOC(=O)P)ccc1[N+](=O)[O-]. The number of nitro benzene ring substituents is 1. The Balaban J connectivity index is 2.69.